The highest BCUT2D eigenvalue weighted by Crippen LogP contribution is 2.25. The molecule has 0 spiro atoms. The van der Waals surface area contributed by atoms with Crippen LogP contribution < -0.4 is 4.74 Å². The Hall–Kier alpha value is -1.23. The third-order valence-corrected chi connectivity index (χ3v) is 2.51. The first-order valence-corrected chi connectivity index (χ1v) is 6.00. The van der Waals surface area contributed by atoms with Crippen LogP contribution in [0.25, 0.3) is 0 Å². The molecule has 0 aliphatic heterocycles. The molecule has 0 unspecified atom stereocenters. The Morgan fingerprint density at radius 2 is 2.20 bits per heavy atom. The molecule has 0 amide bonds. The van der Waals surface area contributed by atoms with Gasteiger partial charge in [0.15, 0.2) is 5.75 Å². The molecule has 0 aliphatic carbocycles. The van der Waals surface area contributed by atoms with Gasteiger partial charge in [-0.05, 0) is 24.5 Å². The van der Waals surface area contributed by atoms with E-state index in [2.05, 4.69) is 0 Å². The number of nitro benzene ring substituents is 1. The summed E-state index contributed by atoms with van der Waals surface area (Å²) in [7, 11) is 0. The summed E-state index contributed by atoms with van der Waals surface area (Å²) in [6, 6.07) is 6.44. The molecule has 0 aromatic heterocycles. The maximum atomic E-state index is 10.6. The summed E-state index contributed by atoms with van der Waals surface area (Å²) in [4.78, 5) is 10.2. The van der Waals surface area contributed by atoms with E-state index in [4.69, 9.17) is 4.74 Å². The zero-order chi connectivity index (χ0) is 11.1. The highest BCUT2D eigenvalue weighted by atomic mass is 32.2. The van der Waals surface area contributed by atoms with E-state index < -0.39 is 4.92 Å². The van der Waals surface area contributed by atoms with Crippen LogP contribution in [0.1, 0.15) is 6.42 Å². The van der Waals surface area contributed by atoms with Crippen LogP contribution in [0, 0.1) is 10.1 Å². The third-order valence-electron chi connectivity index (χ3n) is 1.81. The average molecular weight is 227 g/mol. The normalized spacial score (nSPS) is 9.93. The molecule has 4 nitrogen and oxygen atoms in total. The number of hydrogen-bond acceptors (Lipinski definition) is 4. The van der Waals surface area contributed by atoms with Gasteiger partial charge in [0.05, 0.1) is 11.5 Å². The highest BCUT2D eigenvalue weighted by Gasteiger charge is 2.12. The number of nitro groups is 1. The molecule has 0 radical (unpaired) electrons. The lowest BCUT2D eigenvalue weighted by Gasteiger charge is -2.05. The van der Waals surface area contributed by atoms with E-state index in [9.17, 15) is 10.1 Å². The van der Waals surface area contributed by atoms with Crippen molar-refractivity contribution in [1.82, 2.24) is 0 Å². The Morgan fingerprint density at radius 1 is 1.47 bits per heavy atom. The van der Waals surface area contributed by atoms with E-state index >= 15 is 0 Å². The van der Waals surface area contributed by atoms with E-state index in [-0.39, 0.29) is 5.69 Å². The fourth-order valence-electron chi connectivity index (χ4n) is 1.12. The molecular weight excluding hydrogens is 214 g/mol. The predicted molar refractivity (Wildman–Crippen MR) is 61.6 cm³/mol. The second kappa shape index (κ2) is 6.29. The summed E-state index contributed by atoms with van der Waals surface area (Å²) in [6.45, 7) is 0.520. The quantitative estimate of drug-likeness (QED) is 0.426. The third kappa shape index (κ3) is 3.79. The maximum Gasteiger partial charge on any atom is 0.310 e. The first kappa shape index (κ1) is 11.8. The van der Waals surface area contributed by atoms with Gasteiger partial charge in [0.2, 0.25) is 0 Å². The summed E-state index contributed by atoms with van der Waals surface area (Å²) in [5.74, 6) is 1.35. The summed E-state index contributed by atoms with van der Waals surface area (Å²) in [5.41, 5.74) is 0.0293. The highest BCUT2D eigenvalue weighted by molar-refractivity contribution is 7.98. The molecule has 1 aromatic carbocycles. The van der Waals surface area contributed by atoms with Crippen LogP contribution >= 0.6 is 11.8 Å². The molecule has 15 heavy (non-hydrogen) atoms. The van der Waals surface area contributed by atoms with Crippen LogP contribution in [0.15, 0.2) is 24.3 Å². The van der Waals surface area contributed by atoms with E-state index in [0.717, 1.165) is 12.2 Å². The number of rotatable bonds is 6. The first-order chi connectivity index (χ1) is 7.25. The Labute approximate surface area is 92.8 Å². The Balaban J connectivity index is 2.56. The summed E-state index contributed by atoms with van der Waals surface area (Å²) < 4.78 is 5.35. The van der Waals surface area contributed by atoms with Crippen molar-refractivity contribution in [3.63, 3.8) is 0 Å². The molecule has 1 aromatic rings. The van der Waals surface area contributed by atoms with Gasteiger partial charge in [-0.1, -0.05) is 12.1 Å². The average Bonchev–Trinajstić information content (AvgIpc) is 2.25. The molecule has 0 atom stereocenters. The number of para-hydroxylation sites is 2. The van der Waals surface area contributed by atoms with Gasteiger partial charge >= 0.3 is 5.69 Å². The van der Waals surface area contributed by atoms with Gasteiger partial charge < -0.3 is 4.74 Å². The molecule has 0 heterocycles. The van der Waals surface area contributed by atoms with Crippen molar-refractivity contribution in [2.45, 2.75) is 6.42 Å². The number of thioether (sulfide) groups is 1. The smallest absolute Gasteiger partial charge is 0.310 e. The first-order valence-electron chi connectivity index (χ1n) is 4.61. The van der Waals surface area contributed by atoms with Gasteiger partial charge in [0.25, 0.3) is 0 Å². The van der Waals surface area contributed by atoms with Crippen molar-refractivity contribution in [2.24, 2.45) is 0 Å². The van der Waals surface area contributed by atoms with Crippen LogP contribution in [-0.2, 0) is 0 Å². The van der Waals surface area contributed by atoms with Crippen molar-refractivity contribution in [1.29, 1.82) is 0 Å². The van der Waals surface area contributed by atoms with Crippen LogP contribution in [-0.4, -0.2) is 23.5 Å². The van der Waals surface area contributed by atoms with E-state index in [0.29, 0.717) is 12.4 Å². The predicted octanol–water partition coefficient (Wildman–Crippen LogP) is 2.73. The van der Waals surface area contributed by atoms with Crippen molar-refractivity contribution >= 4 is 17.4 Å². The second-order valence-electron chi connectivity index (χ2n) is 2.92. The number of nitrogens with zero attached hydrogens (tertiary/aromatic N) is 1. The second-order valence-corrected chi connectivity index (χ2v) is 3.91. The molecule has 0 aliphatic rings. The van der Waals surface area contributed by atoms with Gasteiger partial charge in [0.1, 0.15) is 0 Å². The molecule has 0 N–H and O–H groups in total. The zero-order valence-corrected chi connectivity index (χ0v) is 9.33. The van der Waals surface area contributed by atoms with E-state index in [1.54, 1.807) is 30.0 Å². The topological polar surface area (TPSA) is 52.4 Å². The lowest BCUT2D eigenvalue weighted by Crippen LogP contribution is -2.01. The van der Waals surface area contributed by atoms with Gasteiger partial charge in [0, 0.05) is 6.07 Å². The Morgan fingerprint density at radius 3 is 2.87 bits per heavy atom. The fourth-order valence-corrected chi connectivity index (χ4v) is 1.52. The van der Waals surface area contributed by atoms with Gasteiger partial charge in [-0.15, -0.1) is 0 Å². The molecule has 1 rings (SSSR count). The number of benzene rings is 1. The molecular formula is C10H13NO3S. The van der Waals surface area contributed by atoms with E-state index in [1.165, 1.54) is 6.07 Å². The van der Waals surface area contributed by atoms with Crippen molar-refractivity contribution in [3.8, 4) is 5.75 Å². The molecule has 82 valence electrons. The van der Waals surface area contributed by atoms with Crippen LogP contribution in [0.3, 0.4) is 0 Å². The lowest BCUT2D eigenvalue weighted by molar-refractivity contribution is -0.385. The van der Waals surface area contributed by atoms with Crippen molar-refractivity contribution < 1.29 is 9.66 Å². The van der Waals surface area contributed by atoms with E-state index in [1.807, 2.05) is 6.26 Å². The minimum absolute atomic E-state index is 0.0293. The van der Waals surface area contributed by atoms with Crippen molar-refractivity contribution in [3.05, 3.63) is 34.4 Å². The monoisotopic (exact) mass is 227 g/mol. The van der Waals surface area contributed by atoms with Crippen molar-refractivity contribution in [2.75, 3.05) is 18.6 Å². The van der Waals surface area contributed by atoms with Crippen LogP contribution in [0.4, 0.5) is 5.69 Å². The largest absolute Gasteiger partial charge is 0.487 e. The molecule has 5 heteroatoms. The molecule has 0 saturated carbocycles. The van der Waals surface area contributed by atoms with Gasteiger partial charge in [-0.2, -0.15) is 11.8 Å². The minimum Gasteiger partial charge on any atom is -0.487 e. The maximum absolute atomic E-state index is 10.6. The molecule has 0 bridgehead atoms. The zero-order valence-electron chi connectivity index (χ0n) is 8.51. The lowest BCUT2D eigenvalue weighted by atomic mass is 10.3. The minimum atomic E-state index is -0.427. The van der Waals surface area contributed by atoms with Crippen LogP contribution in [0.2, 0.25) is 0 Å². The number of hydrogen-bond donors (Lipinski definition) is 0. The standard InChI is InChI=1S/C10H13NO3S/c1-15-8-4-7-14-10-6-3-2-5-9(10)11(12)13/h2-3,5-6H,4,7-8H2,1H3. The number of ether oxygens (including phenoxy) is 1. The van der Waals surface area contributed by atoms with Gasteiger partial charge in [-0.25, -0.2) is 0 Å². The fraction of sp³-hybridized carbons (Fsp3) is 0.400. The summed E-state index contributed by atoms with van der Waals surface area (Å²) in [6.07, 6.45) is 2.91. The summed E-state index contributed by atoms with van der Waals surface area (Å²) >= 11 is 1.73. The summed E-state index contributed by atoms with van der Waals surface area (Å²) in [5, 5.41) is 10.6. The Bertz CT molecular complexity index is 330. The molecule has 0 saturated heterocycles. The van der Waals surface area contributed by atoms with Crippen LogP contribution in [0.5, 0.6) is 5.75 Å². The van der Waals surface area contributed by atoms with Gasteiger partial charge in [-0.3, -0.25) is 10.1 Å². The SMILES string of the molecule is CSCCCOc1ccccc1[N+](=O)[O-]. The molecule has 0 fully saturated rings. The Kier molecular flexibility index (Phi) is 4.97.